The van der Waals surface area contributed by atoms with Crippen LogP contribution in [0.2, 0.25) is 0 Å². The molecule has 2 aromatic carbocycles. The summed E-state index contributed by atoms with van der Waals surface area (Å²) in [6, 6.07) is 13.0. The van der Waals surface area contributed by atoms with Crippen LogP contribution in [0.5, 0.6) is 17.2 Å². The van der Waals surface area contributed by atoms with Crippen LogP contribution in [0.3, 0.4) is 0 Å². The predicted octanol–water partition coefficient (Wildman–Crippen LogP) is 3.12. The smallest absolute Gasteiger partial charge is 0.343 e. The number of rotatable bonds is 9. The Morgan fingerprint density at radius 2 is 1.94 bits per heavy atom. The minimum Gasteiger partial charge on any atom is -0.506 e. The zero-order valence-corrected chi connectivity index (χ0v) is 20.0. The molecule has 0 fully saturated rings. The summed E-state index contributed by atoms with van der Waals surface area (Å²) < 4.78 is 21.2. The third-order valence-corrected chi connectivity index (χ3v) is 6.15. The van der Waals surface area contributed by atoms with E-state index in [0.717, 1.165) is 31.0 Å². The Labute approximate surface area is 207 Å². The van der Waals surface area contributed by atoms with Crippen molar-refractivity contribution in [2.75, 3.05) is 27.4 Å². The van der Waals surface area contributed by atoms with E-state index >= 15 is 0 Å². The molecule has 9 heteroatoms. The van der Waals surface area contributed by atoms with Crippen molar-refractivity contribution in [2.45, 2.75) is 25.2 Å². The first-order valence-corrected chi connectivity index (χ1v) is 11.5. The number of carbonyl (C=O) groups excluding carboxylic acids is 2. The molecule has 0 saturated heterocycles. The Kier molecular flexibility index (Phi) is 7.58. The molecule has 36 heavy (non-hydrogen) atoms. The van der Waals surface area contributed by atoms with E-state index in [0.29, 0.717) is 30.9 Å². The van der Waals surface area contributed by atoms with Crippen molar-refractivity contribution >= 4 is 11.9 Å². The summed E-state index contributed by atoms with van der Waals surface area (Å²) >= 11 is 0. The average molecular weight is 494 g/mol. The molecule has 1 atom stereocenters. The number of hydrogen-bond donors (Lipinski definition) is 2. The van der Waals surface area contributed by atoms with E-state index in [1.165, 1.54) is 12.7 Å². The van der Waals surface area contributed by atoms with Crippen LogP contribution < -0.4 is 15.0 Å². The molecule has 0 amide bonds. The van der Waals surface area contributed by atoms with E-state index < -0.39 is 29.2 Å². The fourth-order valence-corrected chi connectivity index (χ4v) is 4.32. The van der Waals surface area contributed by atoms with Gasteiger partial charge in [0.05, 0.1) is 39.4 Å². The van der Waals surface area contributed by atoms with Crippen molar-refractivity contribution < 1.29 is 33.6 Å². The van der Waals surface area contributed by atoms with Gasteiger partial charge in [0.1, 0.15) is 22.8 Å². The Bertz CT molecular complexity index is 1330. The third kappa shape index (κ3) is 5.19. The number of H-pyrrole nitrogens is 1. The number of fused-ring (bicyclic) bond motifs is 1. The number of carbonyl (C=O) groups is 2. The topological polar surface area (TPSA) is 124 Å². The van der Waals surface area contributed by atoms with Crippen molar-refractivity contribution in [1.29, 1.82) is 0 Å². The molecule has 2 N–H and O–H groups in total. The molecule has 0 aliphatic carbocycles. The van der Waals surface area contributed by atoms with E-state index in [1.807, 2.05) is 12.1 Å². The summed E-state index contributed by atoms with van der Waals surface area (Å²) in [6.07, 6.45) is 2.33. The second-order valence-corrected chi connectivity index (χ2v) is 8.30. The fourth-order valence-electron chi connectivity index (χ4n) is 4.32. The van der Waals surface area contributed by atoms with Crippen LogP contribution in [0, 0.1) is 0 Å². The van der Waals surface area contributed by atoms with Gasteiger partial charge in [0, 0.05) is 30.5 Å². The van der Waals surface area contributed by atoms with E-state index in [1.54, 1.807) is 24.3 Å². The fraction of sp³-hybridized carbons (Fsp3) is 0.296. The molecule has 1 aliphatic heterocycles. The van der Waals surface area contributed by atoms with Gasteiger partial charge in [0.15, 0.2) is 0 Å². The number of esters is 2. The van der Waals surface area contributed by atoms with Crippen LogP contribution >= 0.6 is 0 Å². The van der Waals surface area contributed by atoms with Crippen molar-refractivity contribution in [3.63, 3.8) is 0 Å². The van der Waals surface area contributed by atoms with Gasteiger partial charge in [-0.1, -0.05) is 30.3 Å². The molecule has 0 radical (unpaired) electrons. The Hall–Kier alpha value is -4.27. The summed E-state index contributed by atoms with van der Waals surface area (Å²) in [5.74, 6) is -1.58. The van der Waals surface area contributed by atoms with Gasteiger partial charge in [-0.25, -0.2) is 4.79 Å². The molecule has 0 saturated carbocycles. The van der Waals surface area contributed by atoms with Gasteiger partial charge in [-0.2, -0.15) is 0 Å². The first-order chi connectivity index (χ1) is 17.4. The van der Waals surface area contributed by atoms with Crippen LogP contribution in [0.1, 0.15) is 45.0 Å². The molecular weight excluding hydrogens is 466 g/mol. The molecule has 4 rings (SSSR count). The molecule has 1 aliphatic rings. The van der Waals surface area contributed by atoms with E-state index in [2.05, 4.69) is 11.1 Å². The zero-order chi connectivity index (χ0) is 25.7. The summed E-state index contributed by atoms with van der Waals surface area (Å²) in [6.45, 7) is 1.03. The molecule has 2 heterocycles. The minimum atomic E-state index is -0.945. The van der Waals surface area contributed by atoms with Crippen molar-refractivity contribution in [2.24, 2.45) is 0 Å². The van der Waals surface area contributed by atoms with E-state index in [9.17, 15) is 19.5 Å². The Morgan fingerprint density at radius 3 is 2.72 bits per heavy atom. The second kappa shape index (κ2) is 11.0. The lowest BCUT2D eigenvalue weighted by Crippen LogP contribution is -2.22. The van der Waals surface area contributed by atoms with Gasteiger partial charge in [-0.15, -0.1) is 0 Å². The highest BCUT2D eigenvalue weighted by molar-refractivity contribution is 5.92. The predicted molar refractivity (Wildman–Crippen MR) is 130 cm³/mol. The van der Waals surface area contributed by atoms with Gasteiger partial charge >= 0.3 is 11.9 Å². The number of nitrogens with one attached hydrogen (secondary N) is 1. The lowest BCUT2D eigenvalue weighted by Gasteiger charge is -2.21. The molecule has 0 unspecified atom stereocenters. The lowest BCUT2D eigenvalue weighted by molar-refractivity contribution is -0.140. The number of aromatic nitrogens is 1. The number of aromatic amines is 1. The zero-order valence-electron chi connectivity index (χ0n) is 20.0. The number of hydrogen-bond acceptors (Lipinski definition) is 8. The van der Waals surface area contributed by atoms with Crippen LogP contribution in [0.15, 0.2) is 53.5 Å². The maximum atomic E-state index is 12.8. The van der Waals surface area contributed by atoms with Crippen LogP contribution in [-0.2, 0) is 27.1 Å². The highest BCUT2D eigenvalue weighted by atomic mass is 16.5. The number of ether oxygens (including phenoxy) is 4. The Morgan fingerprint density at radius 1 is 1.14 bits per heavy atom. The largest absolute Gasteiger partial charge is 0.506 e. The number of aromatic hydroxyl groups is 1. The summed E-state index contributed by atoms with van der Waals surface area (Å²) in [5.41, 5.74) is 1.74. The maximum Gasteiger partial charge on any atom is 0.343 e. The average Bonchev–Trinajstić information content (AvgIpc) is 3.36. The maximum absolute atomic E-state index is 12.8. The summed E-state index contributed by atoms with van der Waals surface area (Å²) in [5, 5.41) is 10.9. The molecule has 0 spiro atoms. The highest BCUT2D eigenvalue weighted by Crippen LogP contribution is 2.38. The summed E-state index contributed by atoms with van der Waals surface area (Å²) in [4.78, 5) is 39.7. The summed E-state index contributed by atoms with van der Waals surface area (Å²) in [7, 11) is 2.40. The number of pyridine rings is 1. The SMILES string of the molecule is COC(=O)C[C@H](c1ccccc1OCCc1ccc2c(c1)CCO2)c1c(O)c(C(=O)OC)c[nH]c1=O. The van der Waals surface area contributed by atoms with Gasteiger partial charge in [0.25, 0.3) is 5.56 Å². The van der Waals surface area contributed by atoms with Crippen molar-refractivity contribution in [3.05, 3.63) is 86.8 Å². The highest BCUT2D eigenvalue weighted by Gasteiger charge is 2.30. The quantitative estimate of drug-likeness (QED) is 0.436. The van der Waals surface area contributed by atoms with Crippen molar-refractivity contribution in [3.8, 4) is 17.2 Å². The third-order valence-electron chi connectivity index (χ3n) is 6.15. The van der Waals surface area contributed by atoms with Crippen LogP contribution in [0.4, 0.5) is 0 Å². The van der Waals surface area contributed by atoms with Crippen molar-refractivity contribution in [1.82, 2.24) is 4.98 Å². The standard InChI is InChI=1S/C27H27NO8/c1-33-23(29)14-19(24-25(30)20(27(32)34-2)15-28-26(24)31)18-5-3-4-6-22(18)36-11-9-16-7-8-21-17(13-16)10-12-35-21/h3-8,13,15,19H,9-12,14H2,1-2H3,(H2,28,30,31)/t19-/m1/s1. The Balaban J connectivity index is 1.65. The van der Waals surface area contributed by atoms with Gasteiger partial charge in [-0.05, 0) is 23.3 Å². The minimum absolute atomic E-state index is 0.155. The lowest BCUT2D eigenvalue weighted by atomic mass is 9.87. The van der Waals surface area contributed by atoms with Crippen LogP contribution in [-0.4, -0.2) is 49.5 Å². The number of methoxy groups -OCH3 is 2. The number of benzene rings is 2. The second-order valence-electron chi connectivity index (χ2n) is 8.30. The van der Waals surface area contributed by atoms with E-state index in [4.69, 9.17) is 18.9 Å². The normalized spacial score (nSPS) is 12.8. The first kappa shape index (κ1) is 24.8. The van der Waals surface area contributed by atoms with Crippen LogP contribution in [0.25, 0.3) is 0 Å². The first-order valence-electron chi connectivity index (χ1n) is 11.5. The van der Waals surface area contributed by atoms with Gasteiger partial charge < -0.3 is 29.0 Å². The van der Waals surface area contributed by atoms with Gasteiger partial charge in [-0.3, -0.25) is 9.59 Å². The molecule has 188 valence electrons. The number of para-hydroxylation sites is 1. The molecular formula is C27H27NO8. The molecule has 1 aromatic heterocycles. The van der Waals surface area contributed by atoms with Gasteiger partial charge in [0.2, 0.25) is 0 Å². The van der Waals surface area contributed by atoms with E-state index in [-0.39, 0.29) is 17.5 Å². The molecule has 0 bridgehead atoms. The monoisotopic (exact) mass is 493 g/mol. The molecule has 9 nitrogen and oxygen atoms in total. The molecule has 3 aromatic rings.